The van der Waals surface area contributed by atoms with Gasteiger partial charge in [-0.05, 0) is 57.5 Å². The number of fused-ring (bicyclic) bond motifs is 4. The lowest BCUT2D eigenvalue weighted by molar-refractivity contribution is 0.143. The Bertz CT molecular complexity index is 1290. The van der Waals surface area contributed by atoms with Crippen molar-refractivity contribution in [2.24, 2.45) is 0 Å². The van der Waals surface area contributed by atoms with Crippen LogP contribution in [0.1, 0.15) is 34.6 Å². The fraction of sp³-hybridized carbons (Fsp3) is 0.167. The van der Waals surface area contributed by atoms with Crippen LogP contribution in [0.2, 0.25) is 0 Å². The average molecular weight is 434 g/mol. The monoisotopic (exact) mass is 433 g/mol. The van der Waals surface area contributed by atoms with Crippen molar-refractivity contribution in [2.75, 3.05) is 13.2 Å². The average Bonchev–Trinajstić information content (AvgIpc) is 3.18. The predicted molar refractivity (Wildman–Crippen MR) is 135 cm³/mol. The van der Waals surface area contributed by atoms with Crippen molar-refractivity contribution in [3.63, 3.8) is 0 Å². The lowest BCUT2D eigenvalue weighted by atomic mass is 9.98. The number of amides is 1. The SMILES string of the molecule is Cc1ccc(C=CCCNC(=O)OCC2c3ccccc3-c3ccccc32)c2ccccc12. The largest absolute Gasteiger partial charge is 0.449 e. The van der Waals surface area contributed by atoms with Gasteiger partial charge in [0.15, 0.2) is 0 Å². The van der Waals surface area contributed by atoms with E-state index in [4.69, 9.17) is 4.74 Å². The van der Waals surface area contributed by atoms with Crippen molar-refractivity contribution in [1.82, 2.24) is 5.32 Å². The van der Waals surface area contributed by atoms with Gasteiger partial charge in [0.1, 0.15) is 6.61 Å². The number of hydrogen-bond acceptors (Lipinski definition) is 2. The molecule has 4 aromatic carbocycles. The van der Waals surface area contributed by atoms with Gasteiger partial charge in [0.05, 0.1) is 0 Å². The summed E-state index contributed by atoms with van der Waals surface area (Å²) in [6.07, 6.45) is 4.60. The van der Waals surface area contributed by atoms with Gasteiger partial charge in [-0.1, -0.05) is 97.1 Å². The third kappa shape index (κ3) is 4.27. The molecule has 1 N–H and O–H groups in total. The molecule has 3 nitrogen and oxygen atoms in total. The van der Waals surface area contributed by atoms with E-state index in [2.05, 4.69) is 97.2 Å². The third-order valence-corrected chi connectivity index (χ3v) is 6.40. The maximum atomic E-state index is 12.3. The van der Waals surface area contributed by atoms with E-state index in [-0.39, 0.29) is 12.0 Å². The minimum atomic E-state index is -0.369. The zero-order valence-electron chi connectivity index (χ0n) is 18.8. The highest BCUT2D eigenvalue weighted by Gasteiger charge is 2.28. The Morgan fingerprint density at radius 2 is 1.48 bits per heavy atom. The van der Waals surface area contributed by atoms with Gasteiger partial charge in [-0.3, -0.25) is 0 Å². The lowest BCUT2D eigenvalue weighted by Crippen LogP contribution is -2.26. The van der Waals surface area contributed by atoms with Gasteiger partial charge in [0, 0.05) is 12.5 Å². The molecule has 33 heavy (non-hydrogen) atoms. The second kappa shape index (κ2) is 9.33. The van der Waals surface area contributed by atoms with Crippen LogP contribution in [0.15, 0.2) is 91.0 Å². The molecular formula is C30H27NO2. The van der Waals surface area contributed by atoms with Gasteiger partial charge in [-0.25, -0.2) is 4.79 Å². The maximum absolute atomic E-state index is 12.3. The Hall–Kier alpha value is -3.85. The first-order valence-electron chi connectivity index (χ1n) is 11.5. The van der Waals surface area contributed by atoms with Crippen molar-refractivity contribution in [2.45, 2.75) is 19.3 Å². The highest BCUT2D eigenvalue weighted by atomic mass is 16.5. The molecule has 0 spiro atoms. The van der Waals surface area contributed by atoms with Gasteiger partial charge in [0.25, 0.3) is 0 Å². The number of rotatable bonds is 6. The van der Waals surface area contributed by atoms with E-state index in [1.165, 1.54) is 44.2 Å². The molecule has 4 aromatic rings. The molecule has 1 aliphatic rings. The molecule has 0 unspecified atom stereocenters. The summed E-state index contributed by atoms with van der Waals surface area (Å²) < 4.78 is 5.60. The number of alkyl carbamates (subject to hydrolysis) is 1. The number of carbonyl (C=O) groups excluding carboxylic acids is 1. The number of benzene rings is 4. The van der Waals surface area contributed by atoms with Gasteiger partial charge in [0.2, 0.25) is 0 Å². The molecule has 0 fully saturated rings. The molecule has 0 saturated heterocycles. The zero-order chi connectivity index (χ0) is 22.6. The summed E-state index contributed by atoms with van der Waals surface area (Å²) in [6.45, 7) is 3.01. The first-order valence-corrected chi connectivity index (χ1v) is 11.5. The first-order chi connectivity index (χ1) is 16.2. The highest BCUT2D eigenvalue weighted by molar-refractivity contribution is 5.92. The van der Waals surface area contributed by atoms with E-state index in [1.54, 1.807) is 0 Å². The Labute approximate surface area is 194 Å². The predicted octanol–water partition coefficient (Wildman–Crippen LogP) is 7.09. The standard InChI is InChI=1S/C30H27NO2/c1-21-17-18-22(24-12-3-2-11-23(21)24)10-8-9-19-31-30(32)33-20-29-27-15-6-4-13-25(27)26-14-5-7-16-28(26)29/h2-8,10-18,29H,9,19-20H2,1H3,(H,31,32). The molecule has 0 atom stereocenters. The van der Waals surface area contributed by atoms with Crippen LogP contribution in [-0.2, 0) is 4.74 Å². The first kappa shape index (κ1) is 21.0. The van der Waals surface area contributed by atoms with Gasteiger partial charge in [-0.2, -0.15) is 0 Å². The topological polar surface area (TPSA) is 38.3 Å². The van der Waals surface area contributed by atoms with Gasteiger partial charge in [-0.15, -0.1) is 0 Å². The van der Waals surface area contributed by atoms with Crippen LogP contribution in [0, 0.1) is 6.92 Å². The summed E-state index contributed by atoms with van der Waals surface area (Å²) >= 11 is 0. The number of carbonyl (C=O) groups is 1. The van der Waals surface area contributed by atoms with Crippen LogP contribution in [0.25, 0.3) is 28.0 Å². The van der Waals surface area contributed by atoms with Crippen molar-refractivity contribution in [3.8, 4) is 11.1 Å². The Kier molecular flexibility index (Phi) is 5.95. The third-order valence-electron chi connectivity index (χ3n) is 6.40. The molecule has 3 heteroatoms. The minimum Gasteiger partial charge on any atom is -0.449 e. The zero-order valence-corrected chi connectivity index (χ0v) is 18.8. The van der Waals surface area contributed by atoms with E-state index >= 15 is 0 Å². The molecule has 164 valence electrons. The minimum absolute atomic E-state index is 0.0814. The lowest BCUT2D eigenvalue weighted by Gasteiger charge is -2.14. The van der Waals surface area contributed by atoms with Crippen LogP contribution in [0.5, 0.6) is 0 Å². The normalized spacial score (nSPS) is 12.6. The molecule has 0 aliphatic heterocycles. The number of nitrogens with one attached hydrogen (secondary N) is 1. The van der Waals surface area contributed by atoms with Crippen LogP contribution in [0.4, 0.5) is 4.79 Å². The van der Waals surface area contributed by atoms with Crippen molar-refractivity contribution in [3.05, 3.63) is 113 Å². The van der Waals surface area contributed by atoms with Crippen molar-refractivity contribution in [1.29, 1.82) is 0 Å². The van der Waals surface area contributed by atoms with E-state index in [0.717, 1.165) is 6.42 Å². The van der Waals surface area contributed by atoms with E-state index in [0.29, 0.717) is 13.2 Å². The molecule has 0 heterocycles. The van der Waals surface area contributed by atoms with Crippen LogP contribution >= 0.6 is 0 Å². The molecule has 0 radical (unpaired) electrons. The molecular weight excluding hydrogens is 406 g/mol. The van der Waals surface area contributed by atoms with E-state index in [1.807, 2.05) is 12.1 Å². The van der Waals surface area contributed by atoms with E-state index in [9.17, 15) is 4.79 Å². The molecule has 1 aliphatic carbocycles. The second-order valence-corrected chi connectivity index (χ2v) is 8.46. The number of hydrogen-bond donors (Lipinski definition) is 1. The Morgan fingerprint density at radius 3 is 2.21 bits per heavy atom. The van der Waals surface area contributed by atoms with Gasteiger partial charge < -0.3 is 10.1 Å². The Balaban J connectivity index is 1.15. The fourth-order valence-electron chi connectivity index (χ4n) is 4.74. The van der Waals surface area contributed by atoms with Crippen molar-refractivity contribution >= 4 is 22.9 Å². The van der Waals surface area contributed by atoms with Gasteiger partial charge >= 0.3 is 6.09 Å². The summed E-state index contributed by atoms with van der Waals surface area (Å²) in [7, 11) is 0. The van der Waals surface area contributed by atoms with Crippen LogP contribution in [-0.4, -0.2) is 19.2 Å². The summed E-state index contributed by atoms with van der Waals surface area (Å²) in [5.41, 5.74) is 7.38. The van der Waals surface area contributed by atoms with E-state index < -0.39 is 0 Å². The molecule has 0 saturated carbocycles. The summed E-state index contributed by atoms with van der Waals surface area (Å²) in [5, 5.41) is 5.40. The smallest absolute Gasteiger partial charge is 0.407 e. The molecule has 0 bridgehead atoms. The number of aryl methyl sites for hydroxylation is 1. The molecule has 5 rings (SSSR count). The second-order valence-electron chi connectivity index (χ2n) is 8.46. The summed E-state index contributed by atoms with van der Waals surface area (Å²) in [5.74, 6) is 0.0814. The molecule has 0 aromatic heterocycles. The fourth-order valence-corrected chi connectivity index (χ4v) is 4.74. The maximum Gasteiger partial charge on any atom is 0.407 e. The quantitative estimate of drug-likeness (QED) is 0.330. The highest BCUT2D eigenvalue weighted by Crippen LogP contribution is 2.44. The Morgan fingerprint density at radius 1 is 0.848 bits per heavy atom. The summed E-state index contributed by atoms with van der Waals surface area (Å²) in [4.78, 5) is 12.3. The number of ether oxygens (including phenoxy) is 1. The van der Waals surface area contributed by atoms with Crippen molar-refractivity contribution < 1.29 is 9.53 Å². The van der Waals surface area contributed by atoms with Crippen LogP contribution in [0.3, 0.4) is 0 Å². The molecule has 1 amide bonds. The van der Waals surface area contributed by atoms with Crippen LogP contribution < -0.4 is 5.32 Å². The summed E-state index contributed by atoms with van der Waals surface area (Å²) in [6, 6.07) is 29.5.